The summed E-state index contributed by atoms with van der Waals surface area (Å²) < 4.78 is 0. The van der Waals surface area contributed by atoms with Crippen molar-refractivity contribution in [3.63, 3.8) is 0 Å². The summed E-state index contributed by atoms with van der Waals surface area (Å²) in [7, 11) is 0. The maximum atomic E-state index is 11.9. The van der Waals surface area contributed by atoms with E-state index in [1.165, 1.54) is 0 Å². The molecule has 0 radical (unpaired) electrons. The van der Waals surface area contributed by atoms with Gasteiger partial charge in [-0.25, -0.2) is 0 Å². The number of nitrogens with one attached hydrogen (secondary N) is 1. The Morgan fingerprint density at radius 1 is 1.14 bits per heavy atom. The zero-order chi connectivity index (χ0) is 15.8. The Morgan fingerprint density at radius 2 is 1.91 bits per heavy atom. The van der Waals surface area contributed by atoms with Crippen LogP contribution in [-0.4, -0.2) is 23.4 Å². The van der Waals surface area contributed by atoms with Gasteiger partial charge in [0.2, 0.25) is 5.91 Å². The van der Waals surface area contributed by atoms with Crippen LogP contribution < -0.4 is 5.32 Å². The van der Waals surface area contributed by atoms with Gasteiger partial charge in [-0.3, -0.25) is 4.79 Å². The van der Waals surface area contributed by atoms with E-state index in [0.717, 1.165) is 22.6 Å². The normalized spacial score (nSPS) is 10.5. The molecule has 3 nitrogen and oxygen atoms in total. The molecule has 0 saturated carbocycles. The van der Waals surface area contributed by atoms with E-state index in [4.69, 9.17) is 16.7 Å². The average Bonchev–Trinajstić information content (AvgIpc) is 2.50. The van der Waals surface area contributed by atoms with E-state index in [9.17, 15) is 4.79 Å². The van der Waals surface area contributed by atoms with Crippen LogP contribution in [0.2, 0.25) is 5.02 Å². The van der Waals surface area contributed by atoms with Gasteiger partial charge in [0.1, 0.15) is 0 Å². The monoisotopic (exact) mass is 335 g/mol. The highest BCUT2D eigenvalue weighted by Crippen LogP contribution is 2.17. The Labute approximate surface area is 139 Å². The predicted octanol–water partition coefficient (Wildman–Crippen LogP) is 3.75. The van der Waals surface area contributed by atoms with Crippen LogP contribution in [0.1, 0.15) is 11.1 Å². The number of rotatable bonds is 7. The number of benzene rings is 2. The largest absolute Gasteiger partial charge is 0.396 e. The topological polar surface area (TPSA) is 49.3 Å². The first kappa shape index (κ1) is 16.9. The highest BCUT2D eigenvalue weighted by Gasteiger charge is 2.03. The quantitative estimate of drug-likeness (QED) is 0.810. The number of carbonyl (C=O) groups excluding carboxylic acids is 1. The molecule has 0 spiro atoms. The SMILES string of the molecule is O=C(CSCc1cccc(Cl)c1)Nc1ccc(CCO)cc1. The van der Waals surface area contributed by atoms with Crippen LogP contribution in [0, 0.1) is 0 Å². The number of aliphatic hydroxyl groups excluding tert-OH is 1. The fourth-order valence-electron chi connectivity index (χ4n) is 1.97. The number of anilines is 1. The molecule has 0 heterocycles. The lowest BCUT2D eigenvalue weighted by Crippen LogP contribution is -2.14. The van der Waals surface area contributed by atoms with Crippen molar-refractivity contribution < 1.29 is 9.90 Å². The molecule has 0 aliphatic heterocycles. The minimum absolute atomic E-state index is 0.0260. The number of halogens is 1. The summed E-state index contributed by atoms with van der Waals surface area (Å²) in [5.41, 5.74) is 2.93. The maximum Gasteiger partial charge on any atom is 0.234 e. The molecule has 0 saturated heterocycles. The molecule has 2 aromatic rings. The number of hydrogen-bond donors (Lipinski definition) is 2. The van der Waals surface area contributed by atoms with Gasteiger partial charge in [0.25, 0.3) is 0 Å². The number of carbonyl (C=O) groups is 1. The van der Waals surface area contributed by atoms with Crippen molar-refractivity contribution in [1.29, 1.82) is 0 Å². The summed E-state index contributed by atoms with van der Waals surface area (Å²) >= 11 is 7.47. The summed E-state index contributed by atoms with van der Waals surface area (Å²) in [5.74, 6) is 1.12. The zero-order valence-electron chi connectivity index (χ0n) is 12.1. The Bertz CT molecular complexity index is 616. The molecular formula is C17H18ClNO2S. The summed E-state index contributed by atoms with van der Waals surface area (Å²) in [4.78, 5) is 11.9. The third-order valence-electron chi connectivity index (χ3n) is 3.03. The molecule has 2 aromatic carbocycles. The highest BCUT2D eigenvalue weighted by atomic mass is 35.5. The molecule has 22 heavy (non-hydrogen) atoms. The first-order valence-electron chi connectivity index (χ1n) is 6.99. The molecule has 5 heteroatoms. The van der Waals surface area contributed by atoms with Crippen LogP contribution in [0.25, 0.3) is 0 Å². The van der Waals surface area contributed by atoms with E-state index < -0.39 is 0 Å². The van der Waals surface area contributed by atoms with Gasteiger partial charge >= 0.3 is 0 Å². The second-order valence-corrected chi connectivity index (χ2v) is 6.26. The third-order valence-corrected chi connectivity index (χ3v) is 4.27. The molecule has 116 valence electrons. The van der Waals surface area contributed by atoms with Crippen LogP contribution in [0.4, 0.5) is 5.69 Å². The van der Waals surface area contributed by atoms with Crippen molar-refractivity contribution in [2.75, 3.05) is 17.7 Å². The molecule has 2 N–H and O–H groups in total. The molecule has 0 fully saturated rings. The van der Waals surface area contributed by atoms with Crippen LogP contribution in [-0.2, 0) is 17.0 Å². The van der Waals surface area contributed by atoms with Crippen LogP contribution in [0.5, 0.6) is 0 Å². The molecule has 0 atom stereocenters. The van der Waals surface area contributed by atoms with Gasteiger partial charge in [-0.2, -0.15) is 0 Å². The van der Waals surface area contributed by atoms with Crippen LogP contribution in [0.15, 0.2) is 48.5 Å². The molecule has 0 unspecified atom stereocenters. The van der Waals surface area contributed by atoms with Crippen molar-refractivity contribution in [2.24, 2.45) is 0 Å². The van der Waals surface area contributed by atoms with Gasteiger partial charge < -0.3 is 10.4 Å². The Morgan fingerprint density at radius 3 is 2.59 bits per heavy atom. The molecule has 0 bridgehead atoms. The number of hydrogen-bond acceptors (Lipinski definition) is 3. The van der Waals surface area contributed by atoms with Crippen molar-refractivity contribution in [3.05, 3.63) is 64.7 Å². The smallest absolute Gasteiger partial charge is 0.234 e. The van der Waals surface area contributed by atoms with Crippen molar-refractivity contribution in [2.45, 2.75) is 12.2 Å². The number of aliphatic hydroxyl groups is 1. The van der Waals surface area contributed by atoms with Gasteiger partial charge in [-0.1, -0.05) is 35.9 Å². The van der Waals surface area contributed by atoms with E-state index in [2.05, 4.69) is 5.32 Å². The minimum atomic E-state index is -0.0260. The van der Waals surface area contributed by atoms with Gasteiger partial charge in [-0.05, 0) is 41.8 Å². The molecule has 1 amide bonds. The zero-order valence-corrected chi connectivity index (χ0v) is 13.7. The molecule has 0 aliphatic carbocycles. The first-order valence-corrected chi connectivity index (χ1v) is 8.52. The predicted molar refractivity (Wildman–Crippen MR) is 93.5 cm³/mol. The van der Waals surface area contributed by atoms with Gasteiger partial charge in [0.15, 0.2) is 0 Å². The fraction of sp³-hybridized carbons (Fsp3) is 0.235. The first-order chi connectivity index (χ1) is 10.7. The summed E-state index contributed by atoms with van der Waals surface area (Å²) in [6.45, 7) is 0.131. The van der Waals surface area contributed by atoms with Gasteiger partial charge in [0.05, 0.1) is 5.75 Å². The maximum absolute atomic E-state index is 11.9. The van der Waals surface area contributed by atoms with Crippen molar-refractivity contribution >= 4 is 35.0 Å². The molecule has 2 rings (SSSR count). The summed E-state index contributed by atoms with van der Waals surface area (Å²) in [5, 5.41) is 12.4. The minimum Gasteiger partial charge on any atom is -0.396 e. The van der Waals surface area contributed by atoms with E-state index in [-0.39, 0.29) is 12.5 Å². The van der Waals surface area contributed by atoms with Crippen molar-refractivity contribution in [1.82, 2.24) is 0 Å². The van der Waals surface area contributed by atoms with E-state index >= 15 is 0 Å². The second-order valence-electron chi connectivity index (χ2n) is 4.84. The Balaban J connectivity index is 1.75. The summed E-state index contributed by atoms with van der Waals surface area (Å²) in [6, 6.07) is 15.2. The van der Waals surface area contributed by atoms with E-state index in [1.54, 1.807) is 11.8 Å². The fourth-order valence-corrected chi connectivity index (χ4v) is 2.96. The molecule has 0 aromatic heterocycles. The standard InChI is InChI=1S/C17H18ClNO2S/c18-15-3-1-2-14(10-15)11-22-12-17(21)19-16-6-4-13(5-7-16)8-9-20/h1-7,10,20H,8-9,11-12H2,(H,19,21). The molecular weight excluding hydrogens is 318 g/mol. The highest BCUT2D eigenvalue weighted by molar-refractivity contribution is 7.99. The third kappa shape index (κ3) is 5.72. The second kappa shape index (κ2) is 8.83. The van der Waals surface area contributed by atoms with Crippen LogP contribution in [0.3, 0.4) is 0 Å². The van der Waals surface area contributed by atoms with E-state index in [1.807, 2.05) is 48.5 Å². The molecule has 0 aliphatic rings. The van der Waals surface area contributed by atoms with Gasteiger partial charge in [0, 0.05) is 23.1 Å². The van der Waals surface area contributed by atoms with Crippen LogP contribution >= 0.6 is 23.4 Å². The van der Waals surface area contributed by atoms with Gasteiger partial charge in [-0.15, -0.1) is 11.8 Å². The average molecular weight is 336 g/mol. The lowest BCUT2D eigenvalue weighted by atomic mass is 10.1. The number of amides is 1. The lowest BCUT2D eigenvalue weighted by molar-refractivity contribution is -0.113. The van der Waals surface area contributed by atoms with E-state index in [0.29, 0.717) is 17.2 Å². The summed E-state index contributed by atoms with van der Waals surface area (Å²) in [6.07, 6.45) is 0.629. The number of thioether (sulfide) groups is 1. The van der Waals surface area contributed by atoms with Crippen molar-refractivity contribution in [3.8, 4) is 0 Å². The lowest BCUT2D eigenvalue weighted by Gasteiger charge is -2.06. The Kier molecular flexibility index (Phi) is 6.77. The Hall–Kier alpha value is -1.49.